The first-order chi connectivity index (χ1) is 33.4. The quantitative estimate of drug-likeness (QED) is 0.0485. The monoisotopic (exact) mass is 947 g/mol. The van der Waals surface area contributed by atoms with Gasteiger partial charge in [-0.25, -0.2) is 14.8 Å². The van der Waals surface area contributed by atoms with Crippen molar-refractivity contribution < 1.29 is 47.7 Å². The summed E-state index contributed by atoms with van der Waals surface area (Å²) < 4.78 is 31.4. The molecule has 2 fully saturated rings. The van der Waals surface area contributed by atoms with Gasteiger partial charge in [0.2, 0.25) is 23.6 Å². The molecule has 17 heteroatoms. The van der Waals surface area contributed by atoms with Gasteiger partial charge in [-0.15, -0.1) is 0 Å². The van der Waals surface area contributed by atoms with Gasteiger partial charge >= 0.3 is 6.09 Å². The third kappa shape index (κ3) is 13.3. The minimum absolute atomic E-state index is 0.212. The number of fused-ring (bicyclic) bond motifs is 6. The van der Waals surface area contributed by atoms with Crippen molar-refractivity contribution in [3.63, 3.8) is 0 Å². The highest BCUT2D eigenvalue weighted by Crippen LogP contribution is 2.36. The van der Waals surface area contributed by atoms with Gasteiger partial charge < -0.3 is 38.1 Å². The zero-order chi connectivity index (χ0) is 48.8. The van der Waals surface area contributed by atoms with Crippen molar-refractivity contribution in [2.24, 2.45) is 0 Å². The van der Waals surface area contributed by atoms with Crippen LogP contribution in [0.25, 0.3) is 43.9 Å². The number of aromatic nitrogens is 4. The molecule has 0 spiro atoms. The van der Waals surface area contributed by atoms with Gasteiger partial charge in [-0.2, -0.15) is 0 Å². The summed E-state index contributed by atoms with van der Waals surface area (Å²) in [5.74, 6) is -0.989. The fourth-order valence-corrected chi connectivity index (χ4v) is 8.79. The number of pyridine rings is 2. The fourth-order valence-electron chi connectivity index (χ4n) is 8.79. The number of alkyl carbamates (subject to hydrolysis) is 1. The number of aryl methyl sites for hydroxylation is 2. The molecule has 2 aliphatic heterocycles. The van der Waals surface area contributed by atoms with Crippen molar-refractivity contribution in [1.82, 2.24) is 35.1 Å². The molecule has 6 aromatic rings. The first-order valence-electron chi connectivity index (χ1n) is 24.1. The molecular formula is C52H65N7O10. The van der Waals surface area contributed by atoms with E-state index in [-0.39, 0.29) is 23.6 Å². The molecular weight excluding hydrogens is 883 g/mol. The topological polar surface area (TPSA) is 203 Å². The van der Waals surface area contributed by atoms with Crippen LogP contribution in [0.15, 0.2) is 73.1 Å². The van der Waals surface area contributed by atoms with Crippen molar-refractivity contribution in [3.05, 3.63) is 84.2 Å². The predicted octanol–water partition coefficient (Wildman–Crippen LogP) is 7.20. The Bertz CT molecular complexity index is 2740. The summed E-state index contributed by atoms with van der Waals surface area (Å²) in [5.41, 5.74) is 5.20. The van der Waals surface area contributed by atoms with Gasteiger partial charge in [0, 0.05) is 73.1 Å². The van der Waals surface area contributed by atoms with Crippen molar-refractivity contribution in [2.45, 2.75) is 103 Å². The van der Waals surface area contributed by atoms with Gasteiger partial charge in [-0.1, -0.05) is 43.3 Å². The summed E-state index contributed by atoms with van der Waals surface area (Å²) in [6, 6.07) is 19.3. The summed E-state index contributed by atoms with van der Waals surface area (Å²) >= 11 is 0. The van der Waals surface area contributed by atoms with E-state index >= 15 is 0 Å². The van der Waals surface area contributed by atoms with E-state index in [1.165, 1.54) is 0 Å². The average Bonchev–Trinajstić information content (AvgIpc) is 3.83. The van der Waals surface area contributed by atoms with E-state index < -0.39 is 23.8 Å². The molecule has 0 bridgehead atoms. The lowest BCUT2D eigenvalue weighted by Crippen LogP contribution is -2.41. The van der Waals surface area contributed by atoms with Crippen LogP contribution in [0.2, 0.25) is 0 Å². The zero-order valence-corrected chi connectivity index (χ0v) is 40.2. The first kappa shape index (κ1) is 50.6. The maximum atomic E-state index is 12.7. The van der Waals surface area contributed by atoms with Gasteiger partial charge in [-0.3, -0.25) is 29.8 Å². The number of carbonyl (C=O) groups excluding carboxylic acids is 5. The van der Waals surface area contributed by atoms with Gasteiger partial charge in [0.15, 0.2) is 0 Å². The number of rotatable bonds is 21. The number of nitrogens with zero attached hydrogens (tertiary/aromatic N) is 4. The van der Waals surface area contributed by atoms with Crippen molar-refractivity contribution >= 4 is 73.6 Å². The summed E-state index contributed by atoms with van der Waals surface area (Å²) in [6.07, 6.45) is 9.21. The summed E-state index contributed by atoms with van der Waals surface area (Å²) in [4.78, 5) is 69.5. The van der Waals surface area contributed by atoms with Crippen LogP contribution in [-0.4, -0.2) is 114 Å². The number of benzene rings is 2. The maximum absolute atomic E-state index is 12.7. The Morgan fingerprint density at radius 1 is 0.681 bits per heavy atom. The van der Waals surface area contributed by atoms with Crippen LogP contribution < -0.4 is 16.0 Å². The Morgan fingerprint density at radius 2 is 1.25 bits per heavy atom. The van der Waals surface area contributed by atoms with Crippen LogP contribution in [-0.2, 0) is 55.7 Å². The Labute approximate surface area is 401 Å². The number of ether oxygens (including phenoxy) is 5. The highest BCUT2D eigenvalue weighted by Gasteiger charge is 2.32. The lowest BCUT2D eigenvalue weighted by Gasteiger charge is -2.23. The van der Waals surface area contributed by atoms with Crippen LogP contribution in [0.4, 0.5) is 4.79 Å². The molecule has 2 atom stereocenters. The second-order valence-electron chi connectivity index (χ2n) is 18.2. The van der Waals surface area contributed by atoms with E-state index in [4.69, 9.17) is 28.7 Å². The Kier molecular flexibility index (Phi) is 17.8. The fraction of sp³-hybridized carbons (Fsp3) is 0.481. The molecule has 3 N–H and O–H groups in total. The lowest BCUT2D eigenvalue weighted by atomic mass is 10.0. The van der Waals surface area contributed by atoms with Crippen molar-refractivity contribution in [2.75, 3.05) is 59.4 Å². The molecule has 368 valence electrons. The number of para-hydroxylation sites is 2. The highest BCUT2D eigenvalue weighted by atomic mass is 16.6. The molecule has 4 aromatic heterocycles. The number of piperidine rings is 2. The van der Waals surface area contributed by atoms with Gasteiger partial charge in [0.05, 0.1) is 44.1 Å². The zero-order valence-electron chi connectivity index (χ0n) is 40.2. The lowest BCUT2D eigenvalue weighted by molar-refractivity contribution is -0.137. The molecule has 2 aliphatic rings. The van der Waals surface area contributed by atoms with Gasteiger partial charge in [0.1, 0.15) is 29.0 Å². The SMILES string of the molecule is CC(C)(C)OC(=O)NCCOCCOCCCc1ccnc2c1c1ccccc1n2C1CCC(=O)NC1=O.CCCOCCOCCCc1cnc2c(c1)c1ccccc1n2C1CCC(=O)NC1=O. The standard InChI is InChI=1S/C28H36N4O6.C24H29N3O4/c1-28(2,3)38-27(35)30-14-16-37-18-17-36-15-6-7-19-12-13-29-25-24(19)20-8-4-5-9-21(20)32(25)22-10-11-23(33)31-26(22)34;1-2-11-30-13-14-31-12-5-6-17-15-19-18-7-3-4-8-20(18)27(23(19)25-16-17)21-9-10-22(28)26-24(21)29/h4-5,8-9,12-13,22H,6-7,10-11,14-18H2,1-3H3,(H,30,35)(H,31,33,34);3-4,7-8,15-16,21H,2,5-6,9-14H2,1H3,(H,26,28,29). The molecule has 6 heterocycles. The number of carbonyl (C=O) groups is 5. The van der Waals surface area contributed by atoms with Crippen LogP contribution in [0.3, 0.4) is 0 Å². The number of nitrogens with one attached hydrogen (secondary N) is 3. The van der Waals surface area contributed by atoms with E-state index in [2.05, 4.69) is 46.1 Å². The predicted molar refractivity (Wildman–Crippen MR) is 262 cm³/mol. The highest BCUT2D eigenvalue weighted by molar-refractivity contribution is 6.11. The van der Waals surface area contributed by atoms with Gasteiger partial charge in [-0.05, 0) is 101 Å². The third-order valence-corrected chi connectivity index (χ3v) is 11.8. The Morgan fingerprint density at radius 3 is 1.87 bits per heavy atom. The molecule has 8 rings (SSSR count). The second-order valence-corrected chi connectivity index (χ2v) is 18.2. The number of hydrogen-bond donors (Lipinski definition) is 3. The van der Waals surface area contributed by atoms with Crippen LogP contribution >= 0.6 is 0 Å². The molecule has 0 radical (unpaired) electrons. The Hall–Kier alpha value is -6.27. The molecule has 0 saturated carbocycles. The molecule has 2 saturated heterocycles. The van der Waals surface area contributed by atoms with E-state index in [0.717, 1.165) is 93.7 Å². The minimum Gasteiger partial charge on any atom is -0.444 e. The van der Waals surface area contributed by atoms with Gasteiger partial charge in [0.25, 0.3) is 0 Å². The van der Waals surface area contributed by atoms with E-state index in [1.807, 2.05) is 78.6 Å². The normalized spacial score (nSPS) is 16.5. The van der Waals surface area contributed by atoms with Crippen molar-refractivity contribution in [1.29, 1.82) is 0 Å². The summed E-state index contributed by atoms with van der Waals surface area (Å²) in [7, 11) is 0. The average molecular weight is 948 g/mol. The molecule has 2 unspecified atom stereocenters. The number of amides is 5. The molecule has 5 amide bonds. The van der Waals surface area contributed by atoms with Crippen LogP contribution in [0, 0.1) is 0 Å². The number of hydrogen-bond acceptors (Lipinski definition) is 12. The largest absolute Gasteiger partial charge is 0.444 e. The van der Waals surface area contributed by atoms with Crippen molar-refractivity contribution in [3.8, 4) is 0 Å². The Balaban J connectivity index is 0.000000208. The van der Waals surface area contributed by atoms with Crippen LogP contribution in [0.1, 0.15) is 95.9 Å². The van der Waals surface area contributed by atoms with E-state index in [1.54, 1.807) is 6.20 Å². The first-order valence-corrected chi connectivity index (χ1v) is 24.1. The third-order valence-electron chi connectivity index (χ3n) is 11.8. The van der Waals surface area contributed by atoms with E-state index in [0.29, 0.717) is 78.5 Å². The maximum Gasteiger partial charge on any atom is 0.407 e. The summed E-state index contributed by atoms with van der Waals surface area (Å²) in [6.45, 7) is 12.5. The van der Waals surface area contributed by atoms with E-state index in [9.17, 15) is 24.0 Å². The molecule has 2 aromatic carbocycles. The second kappa shape index (κ2) is 24.3. The molecule has 17 nitrogen and oxygen atoms in total. The molecule has 0 aliphatic carbocycles. The smallest absolute Gasteiger partial charge is 0.407 e. The molecule has 69 heavy (non-hydrogen) atoms. The summed E-state index contributed by atoms with van der Waals surface area (Å²) in [5, 5.41) is 11.8. The number of imide groups is 2. The minimum atomic E-state index is -0.522. The van der Waals surface area contributed by atoms with Crippen LogP contribution in [0.5, 0.6) is 0 Å².